The van der Waals surface area contributed by atoms with Gasteiger partial charge in [-0.3, -0.25) is 9.69 Å². The van der Waals surface area contributed by atoms with Crippen molar-refractivity contribution in [1.82, 2.24) is 15.0 Å². The van der Waals surface area contributed by atoms with Crippen molar-refractivity contribution in [3.63, 3.8) is 0 Å². The zero-order valence-electron chi connectivity index (χ0n) is 29.2. The van der Waals surface area contributed by atoms with Crippen molar-refractivity contribution >= 4 is 29.3 Å². The highest BCUT2D eigenvalue weighted by molar-refractivity contribution is 6.03. The molecule has 1 aliphatic rings. The second-order valence-electron chi connectivity index (χ2n) is 13.0. The first-order chi connectivity index (χ1) is 23.4. The van der Waals surface area contributed by atoms with E-state index in [9.17, 15) is 24.6 Å². The standard InChI is InChI=1S/C36H49N5O8/c1-22-18-41(23(2)21-42)34(43)30-17-29(37-36(46)38-33-25(4)39-49-26(33)5)14-15-31(30)48-24(3)9-7-8-16-47-32(22)20-40(6)19-27-10-12-28(13-11-27)35(44)45/h10-15,17,22-24,32,42H,7-9,16,18-21H2,1-6H3,(H,44,45)(H2,37,38,46)/t22-,23+,24-,32-/m1/s1. The average molecular weight is 680 g/mol. The first-order valence-corrected chi connectivity index (χ1v) is 16.7. The number of likely N-dealkylation sites (N-methyl/N-ethyl adjacent to an activating group) is 1. The number of benzene rings is 2. The lowest BCUT2D eigenvalue weighted by molar-refractivity contribution is -0.0177. The molecule has 3 aromatic rings. The number of carbonyl (C=O) groups excluding carboxylic acids is 2. The molecule has 0 unspecified atom stereocenters. The summed E-state index contributed by atoms with van der Waals surface area (Å²) in [5.74, 6) is -0.556. The molecule has 4 atom stereocenters. The average Bonchev–Trinajstić information content (AvgIpc) is 3.38. The molecule has 49 heavy (non-hydrogen) atoms. The predicted octanol–water partition coefficient (Wildman–Crippen LogP) is 5.56. The van der Waals surface area contributed by atoms with E-state index in [1.165, 1.54) is 0 Å². The van der Waals surface area contributed by atoms with Crippen LogP contribution in [0.1, 0.15) is 77.8 Å². The lowest BCUT2D eigenvalue weighted by Crippen LogP contribution is -2.47. The Bertz CT molecular complexity index is 1560. The van der Waals surface area contributed by atoms with Crippen LogP contribution in [0.15, 0.2) is 47.0 Å². The second-order valence-corrected chi connectivity index (χ2v) is 13.0. The van der Waals surface area contributed by atoms with Crippen molar-refractivity contribution in [2.45, 2.75) is 78.7 Å². The van der Waals surface area contributed by atoms with Gasteiger partial charge in [0.25, 0.3) is 5.91 Å². The molecule has 4 rings (SSSR count). The first-order valence-electron chi connectivity index (χ1n) is 16.7. The van der Waals surface area contributed by atoms with Crippen molar-refractivity contribution in [2.24, 2.45) is 5.92 Å². The molecule has 13 nitrogen and oxygen atoms in total. The Morgan fingerprint density at radius 3 is 2.49 bits per heavy atom. The molecule has 0 saturated carbocycles. The molecular formula is C36H49N5O8. The highest BCUT2D eigenvalue weighted by atomic mass is 16.5. The van der Waals surface area contributed by atoms with Crippen LogP contribution in [-0.2, 0) is 11.3 Å². The summed E-state index contributed by atoms with van der Waals surface area (Å²) >= 11 is 0. The molecule has 1 aromatic heterocycles. The molecule has 13 heteroatoms. The van der Waals surface area contributed by atoms with E-state index >= 15 is 0 Å². The van der Waals surface area contributed by atoms with Crippen LogP contribution < -0.4 is 15.4 Å². The number of ether oxygens (including phenoxy) is 2. The van der Waals surface area contributed by atoms with E-state index < -0.39 is 18.0 Å². The number of aryl methyl sites for hydroxylation is 2. The van der Waals surface area contributed by atoms with Crippen molar-refractivity contribution in [2.75, 3.05) is 44.0 Å². The highest BCUT2D eigenvalue weighted by Gasteiger charge is 2.30. The summed E-state index contributed by atoms with van der Waals surface area (Å²) in [6, 6.07) is 10.8. The van der Waals surface area contributed by atoms with Crippen LogP contribution >= 0.6 is 0 Å². The zero-order chi connectivity index (χ0) is 35.7. The monoisotopic (exact) mass is 679 g/mol. The number of aliphatic hydroxyl groups is 1. The Hall–Kier alpha value is -4.46. The Kier molecular flexibility index (Phi) is 13.2. The van der Waals surface area contributed by atoms with Gasteiger partial charge in [-0.2, -0.15) is 0 Å². The number of hydrogen-bond donors (Lipinski definition) is 4. The van der Waals surface area contributed by atoms with E-state index in [1.807, 2.05) is 33.0 Å². The summed E-state index contributed by atoms with van der Waals surface area (Å²) in [4.78, 5) is 42.3. The fourth-order valence-electron chi connectivity index (χ4n) is 5.84. The van der Waals surface area contributed by atoms with Gasteiger partial charge in [-0.05, 0) is 89.9 Å². The van der Waals surface area contributed by atoms with Crippen molar-refractivity contribution in [3.8, 4) is 5.75 Å². The Morgan fingerprint density at radius 2 is 1.84 bits per heavy atom. The van der Waals surface area contributed by atoms with Gasteiger partial charge < -0.3 is 39.7 Å². The zero-order valence-corrected chi connectivity index (χ0v) is 29.2. The molecule has 2 aromatic carbocycles. The van der Waals surface area contributed by atoms with Crippen LogP contribution in [0, 0.1) is 19.8 Å². The Labute approximate surface area is 287 Å². The number of urea groups is 1. The second kappa shape index (κ2) is 17.3. The van der Waals surface area contributed by atoms with E-state index in [0.717, 1.165) is 24.8 Å². The van der Waals surface area contributed by atoms with E-state index in [4.69, 9.17) is 14.0 Å². The van der Waals surface area contributed by atoms with Crippen LogP contribution in [0.2, 0.25) is 0 Å². The lowest BCUT2D eigenvalue weighted by atomic mass is 10.0. The largest absolute Gasteiger partial charge is 0.490 e. The molecule has 4 N–H and O–H groups in total. The number of carbonyl (C=O) groups is 3. The molecule has 0 saturated heterocycles. The van der Waals surface area contributed by atoms with E-state index in [0.29, 0.717) is 54.8 Å². The Morgan fingerprint density at radius 1 is 1.10 bits per heavy atom. The molecule has 3 amide bonds. The lowest BCUT2D eigenvalue weighted by Gasteiger charge is -2.36. The maximum absolute atomic E-state index is 14.4. The molecule has 2 heterocycles. The Balaban J connectivity index is 1.58. The van der Waals surface area contributed by atoms with Crippen LogP contribution in [0.3, 0.4) is 0 Å². The quantitative estimate of drug-likeness (QED) is 0.225. The molecule has 0 fully saturated rings. The summed E-state index contributed by atoms with van der Waals surface area (Å²) in [6.45, 7) is 11.0. The predicted molar refractivity (Wildman–Crippen MR) is 185 cm³/mol. The number of aromatic nitrogens is 1. The third-order valence-electron chi connectivity index (χ3n) is 8.73. The number of fused-ring (bicyclic) bond motifs is 1. The summed E-state index contributed by atoms with van der Waals surface area (Å²) in [5.41, 5.74) is 2.88. The smallest absolute Gasteiger partial charge is 0.335 e. The van der Waals surface area contributed by atoms with Crippen molar-refractivity contribution < 1.29 is 38.6 Å². The summed E-state index contributed by atoms with van der Waals surface area (Å²) in [7, 11) is 1.98. The minimum Gasteiger partial charge on any atom is -0.490 e. The molecule has 0 radical (unpaired) electrons. The maximum atomic E-state index is 14.4. The number of carboxylic acids is 1. The number of amides is 3. The topological polar surface area (TPSA) is 167 Å². The normalized spacial score (nSPS) is 19.8. The van der Waals surface area contributed by atoms with E-state index in [1.54, 1.807) is 56.0 Å². The van der Waals surface area contributed by atoms with Gasteiger partial charge in [0, 0.05) is 37.8 Å². The number of aromatic carboxylic acids is 1. The highest BCUT2D eigenvalue weighted by Crippen LogP contribution is 2.29. The number of rotatable bonds is 9. The number of hydrogen-bond acceptors (Lipinski definition) is 9. The SMILES string of the molecule is Cc1noc(C)c1NC(=O)Nc1ccc2c(c1)C(=O)N([C@@H](C)CO)C[C@@H](C)[C@@H](CN(C)Cc1ccc(C(=O)O)cc1)OCCCC[C@@H](C)O2. The van der Waals surface area contributed by atoms with E-state index in [-0.39, 0.29) is 41.8 Å². The van der Waals surface area contributed by atoms with Gasteiger partial charge in [0.2, 0.25) is 0 Å². The van der Waals surface area contributed by atoms with Gasteiger partial charge in [0.15, 0.2) is 5.76 Å². The number of nitrogens with zero attached hydrogens (tertiary/aromatic N) is 3. The van der Waals surface area contributed by atoms with Gasteiger partial charge >= 0.3 is 12.0 Å². The fourth-order valence-corrected chi connectivity index (χ4v) is 5.84. The summed E-state index contributed by atoms with van der Waals surface area (Å²) in [6.07, 6.45) is 2.03. The molecule has 0 bridgehead atoms. The number of aliphatic hydroxyl groups excluding tert-OH is 1. The number of anilines is 2. The first kappa shape index (κ1) is 37.4. The maximum Gasteiger partial charge on any atom is 0.335 e. The van der Waals surface area contributed by atoms with Crippen LogP contribution in [-0.4, -0.2) is 94.7 Å². The fraction of sp³-hybridized carbons (Fsp3) is 0.500. The van der Waals surface area contributed by atoms with Crippen molar-refractivity contribution in [3.05, 3.63) is 70.6 Å². The minimum absolute atomic E-state index is 0.122. The summed E-state index contributed by atoms with van der Waals surface area (Å²) in [5, 5.41) is 28.9. The van der Waals surface area contributed by atoms with Gasteiger partial charge in [-0.15, -0.1) is 0 Å². The molecule has 1 aliphatic heterocycles. The third kappa shape index (κ3) is 10.3. The van der Waals surface area contributed by atoms with E-state index in [2.05, 4.69) is 20.7 Å². The van der Waals surface area contributed by atoms with Gasteiger partial charge in [-0.1, -0.05) is 24.2 Å². The van der Waals surface area contributed by atoms with Gasteiger partial charge in [-0.25, -0.2) is 9.59 Å². The molecular weight excluding hydrogens is 630 g/mol. The number of carboxylic acid groups (broad SMARTS) is 1. The third-order valence-corrected chi connectivity index (χ3v) is 8.73. The molecule has 0 aliphatic carbocycles. The molecule has 266 valence electrons. The van der Waals surface area contributed by atoms with Crippen LogP contribution in [0.25, 0.3) is 0 Å². The van der Waals surface area contributed by atoms with Gasteiger partial charge in [0.1, 0.15) is 17.1 Å². The van der Waals surface area contributed by atoms with Crippen LogP contribution in [0.5, 0.6) is 5.75 Å². The van der Waals surface area contributed by atoms with Crippen molar-refractivity contribution in [1.29, 1.82) is 0 Å². The number of nitrogens with one attached hydrogen (secondary N) is 2. The molecule has 0 spiro atoms. The summed E-state index contributed by atoms with van der Waals surface area (Å²) < 4.78 is 17.9. The van der Waals surface area contributed by atoms with Crippen LogP contribution in [0.4, 0.5) is 16.2 Å². The minimum atomic E-state index is -0.965. The van der Waals surface area contributed by atoms with Gasteiger partial charge in [0.05, 0.1) is 36.0 Å².